The van der Waals surface area contributed by atoms with Crippen molar-refractivity contribution in [3.8, 4) is 0 Å². The summed E-state index contributed by atoms with van der Waals surface area (Å²) in [6.07, 6.45) is 3.24. The lowest BCUT2D eigenvalue weighted by Gasteiger charge is -2.38. The first kappa shape index (κ1) is 14.9. The monoisotopic (exact) mass is 228 g/mol. The third kappa shape index (κ3) is 2.97. The van der Waals surface area contributed by atoms with Gasteiger partial charge in [-0.25, -0.2) is 0 Å². The number of hydrogen-bond acceptors (Lipinski definition) is 3. The van der Waals surface area contributed by atoms with Crippen LogP contribution in [0.25, 0.3) is 0 Å². The van der Waals surface area contributed by atoms with E-state index in [0.717, 1.165) is 12.8 Å². The second-order valence-corrected chi connectivity index (χ2v) is 4.31. The highest BCUT2D eigenvalue weighted by Crippen LogP contribution is 2.35. The largest absolute Gasteiger partial charge is 0.481 e. The van der Waals surface area contributed by atoms with Crippen LogP contribution in [0.3, 0.4) is 0 Å². The lowest BCUT2D eigenvalue weighted by Crippen LogP contribution is -2.47. The van der Waals surface area contributed by atoms with E-state index in [1.54, 1.807) is 12.1 Å². The molecule has 0 saturated heterocycles. The van der Waals surface area contributed by atoms with Gasteiger partial charge in [0.25, 0.3) is 0 Å². The fourth-order valence-electron chi connectivity index (χ4n) is 2.09. The van der Waals surface area contributed by atoms with Crippen molar-refractivity contribution in [1.29, 1.82) is 0 Å². The van der Waals surface area contributed by atoms with Crippen LogP contribution >= 0.6 is 0 Å². The minimum absolute atomic E-state index is 0.140. The van der Waals surface area contributed by atoms with Gasteiger partial charge in [0, 0.05) is 13.8 Å². The van der Waals surface area contributed by atoms with E-state index in [0.29, 0.717) is 12.8 Å². The number of nitrogens with zero attached hydrogens (tertiary/aromatic N) is 2. The fraction of sp³-hybridized carbons (Fsp3) is 0.833. The van der Waals surface area contributed by atoms with Gasteiger partial charge in [-0.05, 0) is 19.8 Å². The van der Waals surface area contributed by atoms with Gasteiger partial charge in [-0.2, -0.15) is 5.10 Å². The van der Waals surface area contributed by atoms with Crippen molar-refractivity contribution < 1.29 is 9.90 Å². The van der Waals surface area contributed by atoms with E-state index in [1.165, 1.54) is 0 Å². The van der Waals surface area contributed by atoms with Crippen molar-refractivity contribution >= 4 is 12.7 Å². The van der Waals surface area contributed by atoms with Crippen LogP contribution in [-0.2, 0) is 4.79 Å². The molecule has 2 atom stereocenters. The maximum atomic E-state index is 11.5. The van der Waals surface area contributed by atoms with Crippen molar-refractivity contribution in [2.45, 2.75) is 52.5 Å². The van der Waals surface area contributed by atoms with Crippen molar-refractivity contribution in [2.24, 2.45) is 10.5 Å². The van der Waals surface area contributed by atoms with Gasteiger partial charge >= 0.3 is 5.97 Å². The number of aliphatic carboxylic acids is 1. The molecule has 0 aromatic heterocycles. The highest BCUT2D eigenvalue weighted by molar-refractivity contribution is 5.75. The van der Waals surface area contributed by atoms with Crippen molar-refractivity contribution in [2.75, 3.05) is 7.05 Å². The van der Waals surface area contributed by atoms with Crippen molar-refractivity contribution in [3.05, 3.63) is 0 Å². The molecule has 2 unspecified atom stereocenters. The quantitative estimate of drug-likeness (QED) is 0.513. The maximum Gasteiger partial charge on any atom is 0.311 e. The number of carboxylic acid groups (broad SMARTS) is 1. The number of carbonyl (C=O) groups is 1. The summed E-state index contributed by atoms with van der Waals surface area (Å²) in [6.45, 7) is 9.36. The number of hydrogen-bond donors (Lipinski definition) is 1. The van der Waals surface area contributed by atoms with Gasteiger partial charge in [-0.3, -0.25) is 9.80 Å². The first-order valence-corrected chi connectivity index (χ1v) is 5.89. The molecule has 0 aromatic carbocycles. The Kier molecular flexibility index (Phi) is 6.08. The Bertz CT molecular complexity index is 243. The van der Waals surface area contributed by atoms with Crippen LogP contribution in [0, 0.1) is 5.41 Å². The predicted molar refractivity (Wildman–Crippen MR) is 66.7 cm³/mol. The van der Waals surface area contributed by atoms with Gasteiger partial charge in [-0.15, -0.1) is 0 Å². The molecule has 0 aliphatic heterocycles. The van der Waals surface area contributed by atoms with Crippen molar-refractivity contribution in [3.63, 3.8) is 0 Å². The summed E-state index contributed by atoms with van der Waals surface area (Å²) < 4.78 is 0. The van der Waals surface area contributed by atoms with Gasteiger partial charge in [0.1, 0.15) is 0 Å². The number of carboxylic acids is 1. The smallest absolute Gasteiger partial charge is 0.311 e. The highest BCUT2D eigenvalue weighted by Gasteiger charge is 2.43. The molecule has 0 spiro atoms. The predicted octanol–water partition coefficient (Wildman–Crippen LogP) is 2.59. The molecule has 0 aromatic rings. The highest BCUT2D eigenvalue weighted by atomic mass is 16.4. The Balaban J connectivity index is 5.01. The molecule has 94 valence electrons. The zero-order chi connectivity index (χ0) is 12.8. The Hall–Kier alpha value is -1.06. The normalized spacial score (nSPS) is 16.2. The second kappa shape index (κ2) is 6.51. The van der Waals surface area contributed by atoms with E-state index in [2.05, 4.69) is 18.7 Å². The van der Waals surface area contributed by atoms with E-state index in [4.69, 9.17) is 0 Å². The summed E-state index contributed by atoms with van der Waals surface area (Å²) in [7, 11) is 1.77. The lowest BCUT2D eigenvalue weighted by molar-refractivity contribution is -0.154. The van der Waals surface area contributed by atoms with Crippen LogP contribution in [0.15, 0.2) is 5.10 Å². The molecule has 0 aliphatic carbocycles. The number of rotatable bonds is 8. The average Bonchev–Trinajstić information content (AvgIpc) is 2.28. The number of unbranched alkanes of at least 4 members (excludes halogenated alkanes) is 1. The standard InChI is InChI=1S/C12H24N2O2/c1-6-8-9-12(7-2,11(15)16)10(3)14(5)13-4/h10H,4,6-9H2,1-3,5H3,(H,15,16). The summed E-state index contributed by atoms with van der Waals surface area (Å²) in [5.41, 5.74) is -0.716. The van der Waals surface area contributed by atoms with Crippen molar-refractivity contribution in [1.82, 2.24) is 5.01 Å². The lowest BCUT2D eigenvalue weighted by atomic mass is 9.74. The van der Waals surface area contributed by atoms with Gasteiger partial charge < -0.3 is 5.11 Å². The molecule has 0 radical (unpaired) electrons. The van der Waals surface area contributed by atoms with Crippen LogP contribution in [0.5, 0.6) is 0 Å². The molecule has 1 N–H and O–H groups in total. The van der Waals surface area contributed by atoms with E-state index < -0.39 is 11.4 Å². The van der Waals surface area contributed by atoms with Crippen LogP contribution in [0.4, 0.5) is 0 Å². The summed E-state index contributed by atoms with van der Waals surface area (Å²) in [5.74, 6) is -0.730. The second-order valence-electron chi connectivity index (χ2n) is 4.31. The Morgan fingerprint density at radius 2 is 2.12 bits per heavy atom. The van der Waals surface area contributed by atoms with E-state index in [-0.39, 0.29) is 6.04 Å². The minimum Gasteiger partial charge on any atom is -0.481 e. The molecule has 0 aliphatic rings. The molecule has 0 rings (SSSR count). The third-order valence-electron chi connectivity index (χ3n) is 3.62. The molecule has 0 heterocycles. The zero-order valence-corrected chi connectivity index (χ0v) is 10.9. The molecule has 4 heteroatoms. The first-order valence-electron chi connectivity index (χ1n) is 5.89. The summed E-state index contributed by atoms with van der Waals surface area (Å²) in [5, 5.41) is 14.9. The Morgan fingerprint density at radius 1 is 1.56 bits per heavy atom. The Morgan fingerprint density at radius 3 is 2.44 bits per heavy atom. The van der Waals surface area contributed by atoms with E-state index >= 15 is 0 Å². The molecule has 16 heavy (non-hydrogen) atoms. The van der Waals surface area contributed by atoms with E-state index in [1.807, 2.05) is 13.8 Å². The van der Waals surface area contributed by atoms with Crippen LogP contribution < -0.4 is 0 Å². The first-order chi connectivity index (χ1) is 7.46. The molecular weight excluding hydrogens is 204 g/mol. The number of hydrazone groups is 1. The SMILES string of the molecule is C=NN(C)C(C)C(CC)(CCCC)C(=O)O. The maximum absolute atomic E-state index is 11.5. The van der Waals surface area contributed by atoms with Gasteiger partial charge in [0.2, 0.25) is 0 Å². The van der Waals surface area contributed by atoms with E-state index in [9.17, 15) is 9.90 Å². The third-order valence-corrected chi connectivity index (χ3v) is 3.62. The average molecular weight is 228 g/mol. The summed E-state index contributed by atoms with van der Waals surface area (Å²) in [6, 6.07) is -0.140. The Labute approximate surface area is 98.3 Å². The van der Waals surface area contributed by atoms with Gasteiger partial charge in [-0.1, -0.05) is 26.7 Å². The van der Waals surface area contributed by atoms with Crippen LogP contribution in [0.1, 0.15) is 46.5 Å². The fourth-order valence-corrected chi connectivity index (χ4v) is 2.09. The summed E-state index contributed by atoms with van der Waals surface area (Å²) >= 11 is 0. The molecule has 0 amide bonds. The molecule has 4 nitrogen and oxygen atoms in total. The van der Waals surface area contributed by atoms with Crippen LogP contribution in [-0.4, -0.2) is 35.9 Å². The minimum atomic E-state index is -0.730. The molecule has 0 saturated carbocycles. The van der Waals surface area contributed by atoms with Crippen LogP contribution in [0.2, 0.25) is 0 Å². The molecular formula is C12H24N2O2. The molecule has 0 fully saturated rings. The van der Waals surface area contributed by atoms with Gasteiger partial charge in [0.15, 0.2) is 0 Å². The summed E-state index contributed by atoms with van der Waals surface area (Å²) in [4.78, 5) is 11.5. The van der Waals surface area contributed by atoms with Gasteiger partial charge in [0.05, 0.1) is 11.5 Å². The zero-order valence-electron chi connectivity index (χ0n) is 10.9. The molecule has 0 bridgehead atoms. The topological polar surface area (TPSA) is 52.9 Å².